The standard InChI is InChI=1S/C17H25NO4/c1-6-18(10-16(19)20)17(21)13(5)22-15-9-12(4)7-8-14(15)11(2)3/h7-9,11,13H,6,10H2,1-5H3,(H,19,20). The molecule has 22 heavy (non-hydrogen) atoms. The van der Waals surface area contributed by atoms with Gasteiger partial charge in [0.15, 0.2) is 6.10 Å². The number of likely N-dealkylation sites (N-methyl/N-ethyl adjacent to an activating group) is 1. The van der Waals surface area contributed by atoms with Crippen LogP contribution in [0.3, 0.4) is 0 Å². The van der Waals surface area contributed by atoms with Crippen LogP contribution in [0.15, 0.2) is 18.2 Å². The number of benzene rings is 1. The van der Waals surface area contributed by atoms with Crippen molar-refractivity contribution in [3.05, 3.63) is 29.3 Å². The van der Waals surface area contributed by atoms with Crippen LogP contribution in [0.4, 0.5) is 0 Å². The molecule has 0 radical (unpaired) electrons. The first kappa shape index (κ1) is 18.0. The summed E-state index contributed by atoms with van der Waals surface area (Å²) >= 11 is 0. The van der Waals surface area contributed by atoms with Crippen LogP contribution in [0.1, 0.15) is 44.7 Å². The van der Waals surface area contributed by atoms with Crippen molar-refractivity contribution < 1.29 is 19.4 Å². The fourth-order valence-corrected chi connectivity index (χ4v) is 2.23. The van der Waals surface area contributed by atoms with Crippen LogP contribution in [0.25, 0.3) is 0 Å². The monoisotopic (exact) mass is 307 g/mol. The van der Waals surface area contributed by atoms with Crippen LogP contribution < -0.4 is 4.74 Å². The summed E-state index contributed by atoms with van der Waals surface area (Å²) in [7, 11) is 0. The number of carboxylic acids is 1. The molecule has 0 aliphatic heterocycles. The first-order valence-electron chi connectivity index (χ1n) is 7.54. The Kier molecular flexibility index (Phi) is 6.40. The molecule has 0 aromatic heterocycles. The summed E-state index contributed by atoms with van der Waals surface area (Å²) in [6, 6.07) is 5.92. The lowest BCUT2D eigenvalue weighted by molar-refractivity contribution is -0.147. The zero-order valence-electron chi connectivity index (χ0n) is 13.9. The number of aryl methyl sites for hydroxylation is 1. The van der Waals surface area contributed by atoms with Crippen molar-refractivity contribution in [3.8, 4) is 5.75 Å². The summed E-state index contributed by atoms with van der Waals surface area (Å²) in [5.74, 6) is -0.386. The zero-order valence-corrected chi connectivity index (χ0v) is 13.9. The Bertz CT molecular complexity index is 539. The van der Waals surface area contributed by atoms with E-state index in [2.05, 4.69) is 13.8 Å². The molecular formula is C17H25NO4. The van der Waals surface area contributed by atoms with Crippen molar-refractivity contribution in [2.24, 2.45) is 0 Å². The van der Waals surface area contributed by atoms with Gasteiger partial charge in [-0.25, -0.2) is 0 Å². The summed E-state index contributed by atoms with van der Waals surface area (Å²) in [5.41, 5.74) is 2.09. The van der Waals surface area contributed by atoms with Crippen molar-refractivity contribution in [1.29, 1.82) is 0 Å². The van der Waals surface area contributed by atoms with E-state index in [0.717, 1.165) is 11.1 Å². The number of carbonyl (C=O) groups is 2. The van der Waals surface area contributed by atoms with Gasteiger partial charge in [-0.1, -0.05) is 26.0 Å². The number of aliphatic carboxylic acids is 1. The van der Waals surface area contributed by atoms with Crippen molar-refractivity contribution >= 4 is 11.9 Å². The number of amides is 1. The molecule has 1 aromatic rings. The topological polar surface area (TPSA) is 66.8 Å². The molecule has 1 unspecified atom stereocenters. The summed E-state index contributed by atoms with van der Waals surface area (Å²) in [6.07, 6.45) is -0.724. The summed E-state index contributed by atoms with van der Waals surface area (Å²) in [6.45, 7) is 9.52. The SMILES string of the molecule is CCN(CC(=O)O)C(=O)C(C)Oc1cc(C)ccc1C(C)C. The molecule has 0 bridgehead atoms. The number of hydrogen-bond acceptors (Lipinski definition) is 3. The van der Waals surface area contributed by atoms with E-state index in [1.807, 2.05) is 25.1 Å². The zero-order chi connectivity index (χ0) is 16.9. The number of rotatable bonds is 7. The number of ether oxygens (including phenoxy) is 1. The first-order valence-corrected chi connectivity index (χ1v) is 7.54. The van der Waals surface area contributed by atoms with Crippen molar-refractivity contribution in [1.82, 2.24) is 4.90 Å². The van der Waals surface area contributed by atoms with Crippen molar-refractivity contribution in [2.75, 3.05) is 13.1 Å². The molecule has 1 aromatic carbocycles. The summed E-state index contributed by atoms with van der Waals surface area (Å²) in [4.78, 5) is 24.4. The molecule has 122 valence electrons. The maximum absolute atomic E-state index is 12.3. The van der Waals surface area contributed by atoms with Gasteiger partial charge in [0.1, 0.15) is 12.3 Å². The summed E-state index contributed by atoms with van der Waals surface area (Å²) < 4.78 is 5.83. The maximum atomic E-state index is 12.3. The lowest BCUT2D eigenvalue weighted by atomic mass is 10.0. The van der Waals surface area contributed by atoms with Crippen LogP contribution in [0, 0.1) is 6.92 Å². The number of carboxylic acid groups (broad SMARTS) is 1. The Balaban J connectivity index is 2.91. The molecule has 5 nitrogen and oxygen atoms in total. The average molecular weight is 307 g/mol. The second-order valence-electron chi connectivity index (χ2n) is 5.70. The third-order valence-electron chi connectivity index (χ3n) is 3.46. The third kappa shape index (κ3) is 4.76. The van der Waals surface area contributed by atoms with Crippen molar-refractivity contribution in [2.45, 2.75) is 46.6 Å². The van der Waals surface area contributed by atoms with Crippen LogP contribution >= 0.6 is 0 Å². The first-order chi connectivity index (χ1) is 10.3. The van der Waals surface area contributed by atoms with E-state index in [0.29, 0.717) is 12.3 Å². The van der Waals surface area contributed by atoms with Gasteiger partial charge in [-0.3, -0.25) is 9.59 Å². The predicted molar refractivity (Wildman–Crippen MR) is 85.2 cm³/mol. The van der Waals surface area contributed by atoms with Gasteiger partial charge in [0.05, 0.1) is 0 Å². The van der Waals surface area contributed by atoms with E-state index < -0.39 is 12.1 Å². The van der Waals surface area contributed by atoms with Gasteiger partial charge < -0.3 is 14.7 Å². The molecule has 1 amide bonds. The maximum Gasteiger partial charge on any atom is 0.323 e. The van der Waals surface area contributed by atoms with E-state index >= 15 is 0 Å². The molecule has 0 aliphatic carbocycles. The average Bonchev–Trinajstić information content (AvgIpc) is 2.43. The molecule has 5 heteroatoms. The predicted octanol–water partition coefficient (Wildman–Crippen LogP) is 2.82. The number of carbonyl (C=O) groups excluding carboxylic acids is 1. The normalized spacial score (nSPS) is 12.1. The van der Waals surface area contributed by atoms with E-state index in [1.54, 1.807) is 13.8 Å². The fourth-order valence-electron chi connectivity index (χ4n) is 2.23. The fraction of sp³-hybridized carbons (Fsp3) is 0.529. The Hall–Kier alpha value is -2.04. The molecular weight excluding hydrogens is 282 g/mol. The van der Waals surface area contributed by atoms with E-state index in [4.69, 9.17) is 9.84 Å². The van der Waals surface area contributed by atoms with Crippen LogP contribution in [0.2, 0.25) is 0 Å². The van der Waals surface area contributed by atoms with Crippen molar-refractivity contribution in [3.63, 3.8) is 0 Å². The Morgan fingerprint density at radius 2 is 1.91 bits per heavy atom. The van der Waals surface area contributed by atoms with Gasteiger partial charge in [-0.15, -0.1) is 0 Å². The minimum absolute atomic E-state index is 0.277. The number of nitrogens with zero attached hydrogens (tertiary/aromatic N) is 1. The second-order valence-corrected chi connectivity index (χ2v) is 5.70. The number of hydrogen-bond donors (Lipinski definition) is 1. The van der Waals surface area contributed by atoms with E-state index in [-0.39, 0.29) is 18.4 Å². The highest BCUT2D eigenvalue weighted by Gasteiger charge is 2.23. The molecule has 1 atom stereocenters. The van der Waals surface area contributed by atoms with Gasteiger partial charge >= 0.3 is 5.97 Å². The minimum atomic E-state index is -1.03. The molecule has 0 saturated carbocycles. The van der Waals surface area contributed by atoms with Gasteiger partial charge in [0, 0.05) is 6.54 Å². The highest BCUT2D eigenvalue weighted by atomic mass is 16.5. The Morgan fingerprint density at radius 1 is 1.27 bits per heavy atom. The quantitative estimate of drug-likeness (QED) is 0.841. The third-order valence-corrected chi connectivity index (χ3v) is 3.46. The van der Waals surface area contributed by atoms with Crippen LogP contribution in [0.5, 0.6) is 5.75 Å². The van der Waals surface area contributed by atoms with E-state index in [1.165, 1.54) is 4.90 Å². The molecule has 1 N–H and O–H groups in total. The largest absolute Gasteiger partial charge is 0.481 e. The highest BCUT2D eigenvalue weighted by molar-refractivity contribution is 5.84. The Labute approximate surface area is 131 Å². The smallest absolute Gasteiger partial charge is 0.323 e. The molecule has 0 saturated heterocycles. The minimum Gasteiger partial charge on any atom is -0.481 e. The van der Waals surface area contributed by atoms with Gasteiger partial charge in [0.25, 0.3) is 5.91 Å². The molecule has 0 spiro atoms. The second kappa shape index (κ2) is 7.82. The molecule has 0 fully saturated rings. The lowest BCUT2D eigenvalue weighted by Gasteiger charge is -2.24. The van der Waals surface area contributed by atoms with Crippen LogP contribution in [-0.4, -0.2) is 41.1 Å². The molecule has 0 aliphatic rings. The van der Waals surface area contributed by atoms with Crippen LogP contribution in [-0.2, 0) is 9.59 Å². The molecule has 0 heterocycles. The van der Waals surface area contributed by atoms with Gasteiger partial charge in [-0.2, -0.15) is 0 Å². The van der Waals surface area contributed by atoms with E-state index in [9.17, 15) is 9.59 Å². The van der Waals surface area contributed by atoms with Gasteiger partial charge in [0.2, 0.25) is 0 Å². The molecule has 1 rings (SSSR count). The highest BCUT2D eigenvalue weighted by Crippen LogP contribution is 2.28. The Morgan fingerprint density at radius 3 is 2.41 bits per heavy atom. The van der Waals surface area contributed by atoms with Gasteiger partial charge in [-0.05, 0) is 43.9 Å². The summed E-state index contributed by atoms with van der Waals surface area (Å²) in [5, 5.41) is 8.85. The lowest BCUT2D eigenvalue weighted by Crippen LogP contribution is -2.43.